The van der Waals surface area contributed by atoms with Crippen LogP contribution in [0.3, 0.4) is 0 Å². The summed E-state index contributed by atoms with van der Waals surface area (Å²) < 4.78 is 2.68. The van der Waals surface area contributed by atoms with Crippen LogP contribution in [0.2, 0.25) is 5.02 Å². The fraction of sp³-hybridized carbons (Fsp3) is 0.0833. The van der Waals surface area contributed by atoms with Gasteiger partial charge in [-0.2, -0.15) is 5.11 Å². The summed E-state index contributed by atoms with van der Waals surface area (Å²) >= 11 is 12.0. The number of hydrogen-bond donors (Lipinski definition) is 1. The predicted molar refractivity (Wildman–Crippen MR) is 129 cm³/mol. The molecule has 32 heavy (non-hydrogen) atoms. The molecule has 4 rings (SSSR count). The molecule has 4 aromatic rings. The van der Waals surface area contributed by atoms with Crippen LogP contribution >= 0.6 is 23.8 Å². The number of azo groups is 1. The van der Waals surface area contributed by atoms with Gasteiger partial charge >= 0.3 is 0 Å². The molecule has 0 aliphatic heterocycles. The van der Waals surface area contributed by atoms with Crippen LogP contribution in [0.15, 0.2) is 87.8 Å². The second-order valence-corrected chi connectivity index (χ2v) is 8.03. The number of aromatic nitrogens is 2. The van der Waals surface area contributed by atoms with Crippen LogP contribution in [-0.4, -0.2) is 14.2 Å². The number of aromatic hydroxyl groups is 1. The number of halogens is 1. The largest absolute Gasteiger partial charge is 0.492 e. The van der Waals surface area contributed by atoms with Gasteiger partial charge in [0.1, 0.15) is 0 Å². The summed E-state index contributed by atoms with van der Waals surface area (Å²) in [5, 5.41) is 19.6. The van der Waals surface area contributed by atoms with E-state index < -0.39 is 11.4 Å². The normalized spacial score (nSPS) is 11.2. The maximum Gasteiger partial charge on any atom is 0.290 e. The summed E-state index contributed by atoms with van der Waals surface area (Å²) in [6, 6.07) is 21.5. The molecule has 1 aromatic heterocycles. The maximum absolute atomic E-state index is 13.4. The van der Waals surface area contributed by atoms with Gasteiger partial charge in [0.2, 0.25) is 11.6 Å². The van der Waals surface area contributed by atoms with Crippen LogP contribution in [0.4, 0.5) is 11.4 Å². The maximum atomic E-state index is 13.4. The summed E-state index contributed by atoms with van der Waals surface area (Å²) in [5.41, 5.74) is 2.77. The number of para-hydroxylation sites is 1. The highest BCUT2D eigenvalue weighted by Gasteiger charge is 2.20. The molecule has 8 heteroatoms. The molecule has 0 atom stereocenters. The van der Waals surface area contributed by atoms with E-state index in [0.29, 0.717) is 22.1 Å². The highest BCUT2D eigenvalue weighted by molar-refractivity contribution is 7.71. The molecular weight excluding hydrogens is 444 g/mol. The second-order valence-electron chi connectivity index (χ2n) is 7.25. The second kappa shape index (κ2) is 8.90. The van der Waals surface area contributed by atoms with E-state index in [4.69, 9.17) is 23.8 Å². The monoisotopic (exact) mass is 462 g/mol. The third kappa shape index (κ3) is 4.12. The van der Waals surface area contributed by atoms with E-state index in [1.165, 1.54) is 9.13 Å². The molecular formula is C24H19ClN4O2S. The first-order chi connectivity index (χ1) is 15.4. The van der Waals surface area contributed by atoms with Crippen molar-refractivity contribution in [1.29, 1.82) is 0 Å². The van der Waals surface area contributed by atoms with Gasteiger partial charge < -0.3 is 5.11 Å². The highest BCUT2D eigenvalue weighted by Crippen LogP contribution is 2.31. The predicted octanol–water partition coefficient (Wildman–Crippen LogP) is 6.75. The van der Waals surface area contributed by atoms with Crippen molar-refractivity contribution >= 4 is 35.2 Å². The Morgan fingerprint density at radius 2 is 1.44 bits per heavy atom. The van der Waals surface area contributed by atoms with E-state index in [2.05, 4.69) is 10.2 Å². The van der Waals surface area contributed by atoms with E-state index in [1.807, 2.05) is 38.1 Å². The molecule has 0 bridgehead atoms. The Morgan fingerprint density at radius 1 is 0.844 bits per heavy atom. The van der Waals surface area contributed by atoms with Crippen molar-refractivity contribution in [2.45, 2.75) is 13.8 Å². The lowest BCUT2D eigenvalue weighted by Crippen LogP contribution is -2.23. The van der Waals surface area contributed by atoms with Crippen LogP contribution < -0.4 is 5.56 Å². The Hall–Kier alpha value is -3.55. The molecule has 0 amide bonds. The first-order valence-corrected chi connectivity index (χ1v) is 10.6. The Bertz CT molecular complexity index is 1440. The van der Waals surface area contributed by atoms with E-state index in [0.717, 1.165) is 11.1 Å². The number of hydrogen-bond acceptors (Lipinski definition) is 5. The zero-order valence-electron chi connectivity index (χ0n) is 17.4. The van der Waals surface area contributed by atoms with Crippen molar-refractivity contribution < 1.29 is 5.11 Å². The molecule has 0 aliphatic rings. The van der Waals surface area contributed by atoms with E-state index in [1.54, 1.807) is 48.5 Å². The molecule has 0 unspecified atom stereocenters. The van der Waals surface area contributed by atoms with E-state index in [9.17, 15) is 9.90 Å². The average Bonchev–Trinajstić information content (AvgIpc) is 2.77. The Morgan fingerprint density at radius 3 is 2.06 bits per heavy atom. The molecule has 0 saturated heterocycles. The van der Waals surface area contributed by atoms with Gasteiger partial charge in [0.15, 0.2) is 4.77 Å². The Labute approximate surface area is 194 Å². The lowest BCUT2D eigenvalue weighted by atomic mass is 10.2. The average molecular weight is 463 g/mol. The molecule has 0 saturated carbocycles. The summed E-state index contributed by atoms with van der Waals surface area (Å²) in [5.74, 6) is -0.438. The molecule has 160 valence electrons. The zero-order chi connectivity index (χ0) is 22.8. The minimum Gasteiger partial charge on any atom is -0.492 e. The topological polar surface area (TPSA) is 71.9 Å². The number of aryl methyl sites for hydroxylation is 2. The quantitative estimate of drug-likeness (QED) is 0.269. The summed E-state index contributed by atoms with van der Waals surface area (Å²) in [7, 11) is 0. The van der Waals surface area contributed by atoms with E-state index in [-0.39, 0.29) is 10.5 Å². The lowest BCUT2D eigenvalue weighted by Gasteiger charge is -2.16. The highest BCUT2D eigenvalue weighted by atomic mass is 35.5. The van der Waals surface area contributed by atoms with Crippen molar-refractivity contribution in [3.63, 3.8) is 0 Å². The minimum atomic E-state index is -0.587. The standard InChI is InChI=1S/C24H19ClN4O2S/c1-15-7-11-17(12-8-15)26-27-21-22(30)28(18-13-9-16(2)10-14-18)24(32)29(23(21)31)20-6-4-3-5-19(20)25/h3-14,31H,1-2H3. The molecule has 6 nitrogen and oxygen atoms in total. The van der Waals surface area contributed by atoms with Gasteiger partial charge in [-0.05, 0) is 62.5 Å². The summed E-state index contributed by atoms with van der Waals surface area (Å²) in [6.07, 6.45) is 0. The van der Waals surface area contributed by atoms with Gasteiger partial charge in [0, 0.05) is 0 Å². The molecule has 3 aromatic carbocycles. The summed E-state index contributed by atoms with van der Waals surface area (Å²) in [6.45, 7) is 3.91. The fourth-order valence-corrected chi connectivity index (χ4v) is 3.76. The molecule has 0 radical (unpaired) electrons. The van der Waals surface area contributed by atoms with Crippen molar-refractivity contribution in [3.8, 4) is 17.3 Å². The summed E-state index contributed by atoms with van der Waals surface area (Å²) in [4.78, 5) is 13.4. The molecule has 0 aliphatic carbocycles. The molecule has 0 fully saturated rings. The van der Waals surface area contributed by atoms with Crippen molar-refractivity contribution in [1.82, 2.24) is 9.13 Å². The van der Waals surface area contributed by atoms with Gasteiger partial charge in [-0.25, -0.2) is 0 Å². The SMILES string of the molecule is Cc1ccc(N=Nc2c(O)n(-c3ccccc3Cl)c(=S)n(-c3ccc(C)cc3)c2=O)cc1. The molecule has 1 heterocycles. The lowest BCUT2D eigenvalue weighted by molar-refractivity contribution is 0.432. The third-order valence-corrected chi connectivity index (χ3v) is 5.58. The molecule has 1 N–H and O–H groups in total. The van der Waals surface area contributed by atoms with Crippen molar-refractivity contribution in [2.75, 3.05) is 0 Å². The van der Waals surface area contributed by atoms with Gasteiger partial charge in [0.25, 0.3) is 5.56 Å². The van der Waals surface area contributed by atoms with Crippen molar-refractivity contribution in [3.05, 3.63) is 104 Å². The number of rotatable bonds is 4. The van der Waals surface area contributed by atoms with Gasteiger partial charge in [-0.3, -0.25) is 13.9 Å². The minimum absolute atomic E-state index is 0.0544. The molecule has 0 spiro atoms. The van der Waals surface area contributed by atoms with Crippen LogP contribution in [0, 0.1) is 18.6 Å². The fourth-order valence-electron chi connectivity index (χ4n) is 3.16. The number of benzene rings is 3. The van der Waals surface area contributed by atoms with Crippen LogP contribution in [-0.2, 0) is 0 Å². The zero-order valence-corrected chi connectivity index (χ0v) is 18.9. The Kier molecular flexibility index (Phi) is 6.03. The number of nitrogens with zero attached hydrogens (tertiary/aromatic N) is 4. The van der Waals surface area contributed by atoms with E-state index >= 15 is 0 Å². The smallest absolute Gasteiger partial charge is 0.290 e. The first-order valence-electron chi connectivity index (χ1n) is 9.78. The van der Waals surface area contributed by atoms with Crippen LogP contribution in [0.25, 0.3) is 11.4 Å². The van der Waals surface area contributed by atoms with Gasteiger partial charge in [0.05, 0.1) is 22.1 Å². The van der Waals surface area contributed by atoms with Crippen LogP contribution in [0.5, 0.6) is 5.88 Å². The van der Waals surface area contributed by atoms with Gasteiger partial charge in [-0.1, -0.05) is 59.1 Å². The van der Waals surface area contributed by atoms with Crippen LogP contribution in [0.1, 0.15) is 11.1 Å². The first kappa shape index (κ1) is 21.7. The third-order valence-electron chi connectivity index (χ3n) is 4.90. The van der Waals surface area contributed by atoms with Gasteiger partial charge in [-0.15, -0.1) is 5.11 Å². The van der Waals surface area contributed by atoms with Crippen molar-refractivity contribution in [2.24, 2.45) is 10.2 Å². The Balaban J connectivity index is 2.01.